The Balaban J connectivity index is 2.34. The maximum absolute atomic E-state index is 12.6. The second-order valence-electron chi connectivity index (χ2n) is 13.9. The van der Waals surface area contributed by atoms with Crippen molar-refractivity contribution in [3.8, 4) is 0 Å². The number of carbonyl (C=O) groups is 2. The van der Waals surface area contributed by atoms with Crippen LogP contribution in [0, 0.1) is 13.8 Å². The standard InChI is InChI=1S/C43H72NO10P/c1-5-7-27-38(45)28-22-18-14-12-10-8-9-11-13-15-21-25-31-43(47)53-39(35-52-55(48,49)51-33-32-44)34-50-42(46)30-24-20-17-16-19-23-29-41-37(4)36(3)40(54-41)26-6-2/h8-9,12-15,22,28,38-39,45H,5-7,10-11,16-21,23-27,29-35,44H2,1-4H3,(H,48,49)/b9-8-,14-12-,15-13-,28-22-/t38-,39-/m1/s1. The second kappa shape index (κ2) is 32.3. The zero-order valence-electron chi connectivity index (χ0n) is 34.2. The van der Waals surface area contributed by atoms with Gasteiger partial charge < -0.3 is 29.6 Å². The average molecular weight is 794 g/mol. The predicted molar refractivity (Wildman–Crippen MR) is 220 cm³/mol. The molecule has 0 aliphatic heterocycles. The molecule has 55 heavy (non-hydrogen) atoms. The molecule has 11 nitrogen and oxygen atoms in total. The molecule has 0 saturated heterocycles. The van der Waals surface area contributed by atoms with Crippen LogP contribution in [0.3, 0.4) is 0 Å². The number of rotatable bonds is 34. The number of phosphoric ester groups is 1. The van der Waals surface area contributed by atoms with E-state index in [2.05, 4.69) is 52.0 Å². The minimum absolute atomic E-state index is 0.0284. The maximum atomic E-state index is 12.6. The summed E-state index contributed by atoms with van der Waals surface area (Å²) in [5, 5.41) is 9.81. The molecular formula is C43H72NO10P. The van der Waals surface area contributed by atoms with Crippen molar-refractivity contribution in [2.45, 2.75) is 162 Å². The molecule has 1 heterocycles. The third-order valence-electron chi connectivity index (χ3n) is 8.96. The monoisotopic (exact) mass is 793 g/mol. The maximum Gasteiger partial charge on any atom is 0.472 e. The summed E-state index contributed by atoms with van der Waals surface area (Å²) >= 11 is 0. The Labute approximate surface area is 331 Å². The van der Waals surface area contributed by atoms with E-state index >= 15 is 0 Å². The molecule has 1 rings (SSSR count). The summed E-state index contributed by atoms with van der Waals surface area (Å²) in [6, 6.07) is 0. The van der Waals surface area contributed by atoms with Crippen molar-refractivity contribution in [2.75, 3.05) is 26.4 Å². The van der Waals surface area contributed by atoms with Gasteiger partial charge in [0.25, 0.3) is 0 Å². The Morgan fingerprint density at radius 1 is 0.745 bits per heavy atom. The first-order chi connectivity index (χ1) is 26.5. The highest BCUT2D eigenvalue weighted by Crippen LogP contribution is 2.43. The Morgan fingerprint density at radius 2 is 1.35 bits per heavy atom. The molecule has 0 saturated carbocycles. The summed E-state index contributed by atoms with van der Waals surface area (Å²) in [6.45, 7) is 7.63. The Bertz CT molecular complexity index is 1330. The predicted octanol–water partition coefficient (Wildman–Crippen LogP) is 9.79. The van der Waals surface area contributed by atoms with E-state index in [0.717, 1.165) is 101 Å². The number of hydrogen-bond donors (Lipinski definition) is 3. The third kappa shape index (κ3) is 26.7. The Hall–Kier alpha value is -2.79. The molecule has 4 N–H and O–H groups in total. The van der Waals surface area contributed by atoms with Crippen LogP contribution in [0.2, 0.25) is 0 Å². The van der Waals surface area contributed by atoms with Gasteiger partial charge in [0.2, 0.25) is 0 Å². The van der Waals surface area contributed by atoms with Gasteiger partial charge in [0.1, 0.15) is 18.1 Å². The molecule has 1 aromatic heterocycles. The highest BCUT2D eigenvalue weighted by molar-refractivity contribution is 7.47. The van der Waals surface area contributed by atoms with Crippen LogP contribution < -0.4 is 5.73 Å². The van der Waals surface area contributed by atoms with E-state index in [1.807, 2.05) is 24.3 Å². The molecular weight excluding hydrogens is 721 g/mol. The Morgan fingerprint density at radius 3 is 2.00 bits per heavy atom. The van der Waals surface area contributed by atoms with Gasteiger partial charge in [0, 0.05) is 32.2 Å². The topological polar surface area (TPSA) is 168 Å². The average Bonchev–Trinajstić information content (AvgIpc) is 3.43. The van der Waals surface area contributed by atoms with Gasteiger partial charge in [-0.2, -0.15) is 0 Å². The first-order valence-electron chi connectivity index (χ1n) is 20.6. The molecule has 0 aromatic carbocycles. The van der Waals surface area contributed by atoms with Crippen molar-refractivity contribution >= 4 is 19.8 Å². The Kier molecular flexibility index (Phi) is 29.5. The molecule has 12 heteroatoms. The normalized spacial score (nSPS) is 14.4. The molecule has 0 aliphatic carbocycles. The zero-order valence-corrected chi connectivity index (χ0v) is 35.1. The lowest BCUT2D eigenvalue weighted by Gasteiger charge is -2.19. The third-order valence-corrected chi connectivity index (χ3v) is 9.95. The fourth-order valence-corrected chi connectivity index (χ4v) is 6.40. The van der Waals surface area contributed by atoms with Gasteiger partial charge >= 0.3 is 19.8 Å². The van der Waals surface area contributed by atoms with Crippen molar-refractivity contribution in [3.05, 3.63) is 71.3 Å². The number of ether oxygens (including phenoxy) is 2. The first-order valence-corrected chi connectivity index (χ1v) is 22.1. The number of aliphatic hydroxyl groups excluding tert-OH is 1. The number of carbonyl (C=O) groups excluding carboxylic acids is 2. The van der Waals surface area contributed by atoms with Gasteiger partial charge in [-0.05, 0) is 82.8 Å². The molecule has 1 aromatic rings. The van der Waals surface area contributed by atoms with Crippen LogP contribution in [0.1, 0.15) is 146 Å². The summed E-state index contributed by atoms with van der Waals surface area (Å²) in [5.41, 5.74) is 7.90. The van der Waals surface area contributed by atoms with Gasteiger partial charge in [-0.3, -0.25) is 18.6 Å². The van der Waals surface area contributed by atoms with Crippen molar-refractivity contribution < 1.29 is 47.1 Å². The van der Waals surface area contributed by atoms with E-state index in [4.69, 9.17) is 28.7 Å². The molecule has 0 amide bonds. The lowest BCUT2D eigenvalue weighted by atomic mass is 10.0. The fourth-order valence-electron chi connectivity index (χ4n) is 5.63. The number of esters is 2. The van der Waals surface area contributed by atoms with Gasteiger partial charge in [-0.15, -0.1) is 0 Å². The molecule has 0 aliphatic rings. The van der Waals surface area contributed by atoms with E-state index in [9.17, 15) is 24.2 Å². The van der Waals surface area contributed by atoms with Gasteiger partial charge in [0.05, 0.1) is 19.3 Å². The van der Waals surface area contributed by atoms with Crippen LogP contribution in [0.25, 0.3) is 0 Å². The second-order valence-corrected chi connectivity index (χ2v) is 15.4. The van der Waals surface area contributed by atoms with Gasteiger partial charge in [0.15, 0.2) is 6.10 Å². The summed E-state index contributed by atoms with van der Waals surface area (Å²) in [4.78, 5) is 34.9. The molecule has 3 atom stereocenters. The zero-order chi connectivity index (χ0) is 40.6. The molecule has 0 spiro atoms. The number of unbranched alkanes of at least 4 members (excludes halogenated alkanes) is 7. The quantitative estimate of drug-likeness (QED) is 0.0263. The van der Waals surface area contributed by atoms with Crippen molar-refractivity contribution in [1.29, 1.82) is 0 Å². The number of aryl methyl sites for hydroxylation is 2. The van der Waals surface area contributed by atoms with E-state index in [1.165, 1.54) is 11.1 Å². The fraction of sp³-hybridized carbons (Fsp3) is 0.674. The first kappa shape index (κ1) is 50.2. The lowest BCUT2D eigenvalue weighted by Crippen LogP contribution is -2.29. The number of nitrogens with two attached hydrogens (primary N) is 1. The minimum Gasteiger partial charge on any atom is -0.466 e. The largest absolute Gasteiger partial charge is 0.472 e. The van der Waals surface area contributed by atoms with Crippen molar-refractivity contribution in [2.24, 2.45) is 5.73 Å². The number of hydrogen-bond acceptors (Lipinski definition) is 10. The van der Waals surface area contributed by atoms with Crippen molar-refractivity contribution in [1.82, 2.24) is 0 Å². The smallest absolute Gasteiger partial charge is 0.466 e. The van der Waals surface area contributed by atoms with Crippen molar-refractivity contribution in [3.63, 3.8) is 0 Å². The van der Waals surface area contributed by atoms with Crippen LogP contribution in [-0.4, -0.2) is 60.5 Å². The number of allylic oxidation sites excluding steroid dienone is 7. The molecule has 314 valence electrons. The van der Waals surface area contributed by atoms with E-state index in [0.29, 0.717) is 19.3 Å². The van der Waals surface area contributed by atoms with Crippen LogP contribution in [-0.2, 0) is 45.5 Å². The van der Waals surface area contributed by atoms with E-state index < -0.39 is 32.5 Å². The van der Waals surface area contributed by atoms with E-state index in [1.54, 1.807) is 0 Å². The van der Waals surface area contributed by atoms with Crippen LogP contribution in [0.15, 0.2) is 53.0 Å². The summed E-state index contributed by atoms with van der Waals surface area (Å²) < 4.78 is 38.8. The van der Waals surface area contributed by atoms with Crippen LogP contribution >= 0.6 is 7.82 Å². The highest BCUT2D eigenvalue weighted by Gasteiger charge is 2.26. The summed E-state index contributed by atoms with van der Waals surface area (Å²) in [6.07, 6.45) is 30.6. The van der Waals surface area contributed by atoms with Crippen LogP contribution in [0.5, 0.6) is 0 Å². The number of phosphoric acid groups is 1. The van der Waals surface area contributed by atoms with Crippen LogP contribution in [0.4, 0.5) is 0 Å². The SMILES string of the molecule is CCCC[C@@H](O)/C=C\C/C=C\C/C=C\C/C=C\CCCC(=O)O[C@H](COC(=O)CCCCCCCCc1oc(CCC)c(C)c1C)COP(=O)(O)OCCN. The number of furan rings is 1. The van der Waals surface area contributed by atoms with Gasteiger partial charge in [-0.25, -0.2) is 4.57 Å². The molecule has 0 fully saturated rings. The summed E-state index contributed by atoms with van der Waals surface area (Å²) in [7, 11) is -4.42. The van der Waals surface area contributed by atoms with E-state index in [-0.39, 0.29) is 38.7 Å². The minimum atomic E-state index is -4.42. The molecule has 0 radical (unpaired) electrons. The number of aliphatic hydroxyl groups is 1. The summed E-state index contributed by atoms with van der Waals surface area (Å²) in [5.74, 6) is 1.27. The van der Waals surface area contributed by atoms with Gasteiger partial charge in [-0.1, -0.05) is 101 Å². The lowest BCUT2D eigenvalue weighted by molar-refractivity contribution is -0.161. The molecule has 1 unspecified atom stereocenters. The highest BCUT2D eigenvalue weighted by atomic mass is 31.2. The molecule has 0 bridgehead atoms.